The van der Waals surface area contributed by atoms with Crippen molar-refractivity contribution in [3.63, 3.8) is 0 Å². The Morgan fingerprint density at radius 3 is 2.78 bits per heavy atom. The highest BCUT2D eigenvalue weighted by atomic mass is 16.3. The summed E-state index contributed by atoms with van der Waals surface area (Å²) in [6, 6.07) is 0.283. The zero-order valence-corrected chi connectivity index (χ0v) is 5.93. The fraction of sp³-hybridized carbons (Fsp3) is 1.00. The standard InChI is InChI=1S/C7H15NO/c1-6(5-9)8-4-7-2-3-7/h6-9H,2-5H2,1H3/t6-/m0/s1. The molecular formula is C7H15NO. The topological polar surface area (TPSA) is 32.3 Å². The second kappa shape index (κ2) is 3.18. The number of hydrogen-bond donors (Lipinski definition) is 2. The van der Waals surface area contributed by atoms with Crippen LogP contribution in [-0.4, -0.2) is 24.3 Å². The van der Waals surface area contributed by atoms with Gasteiger partial charge in [-0.05, 0) is 32.2 Å². The van der Waals surface area contributed by atoms with E-state index in [1.807, 2.05) is 6.92 Å². The van der Waals surface area contributed by atoms with E-state index in [-0.39, 0.29) is 12.6 Å². The Kier molecular flexibility index (Phi) is 2.49. The maximum absolute atomic E-state index is 8.61. The van der Waals surface area contributed by atoms with Crippen LogP contribution in [0.3, 0.4) is 0 Å². The van der Waals surface area contributed by atoms with Crippen LogP contribution in [0.15, 0.2) is 0 Å². The Labute approximate surface area is 56.3 Å². The van der Waals surface area contributed by atoms with Crippen LogP contribution in [0.2, 0.25) is 0 Å². The van der Waals surface area contributed by atoms with E-state index in [0.29, 0.717) is 0 Å². The first-order valence-electron chi connectivity index (χ1n) is 3.67. The minimum atomic E-state index is 0.257. The molecule has 54 valence electrons. The lowest BCUT2D eigenvalue weighted by Gasteiger charge is -2.08. The van der Waals surface area contributed by atoms with Crippen molar-refractivity contribution < 1.29 is 5.11 Å². The molecule has 1 saturated carbocycles. The molecule has 0 aromatic rings. The first-order valence-corrected chi connectivity index (χ1v) is 3.67. The lowest BCUT2D eigenvalue weighted by molar-refractivity contribution is 0.251. The Morgan fingerprint density at radius 2 is 2.33 bits per heavy atom. The van der Waals surface area contributed by atoms with Gasteiger partial charge in [0, 0.05) is 6.04 Å². The predicted molar refractivity (Wildman–Crippen MR) is 37.3 cm³/mol. The molecular weight excluding hydrogens is 114 g/mol. The molecule has 9 heavy (non-hydrogen) atoms. The van der Waals surface area contributed by atoms with Crippen molar-refractivity contribution in [2.75, 3.05) is 13.2 Å². The van der Waals surface area contributed by atoms with Gasteiger partial charge in [0.1, 0.15) is 0 Å². The molecule has 0 aromatic heterocycles. The van der Waals surface area contributed by atoms with Gasteiger partial charge in [0.15, 0.2) is 0 Å². The van der Waals surface area contributed by atoms with Gasteiger partial charge in [-0.15, -0.1) is 0 Å². The summed E-state index contributed by atoms with van der Waals surface area (Å²) in [5.41, 5.74) is 0. The second-order valence-corrected chi connectivity index (χ2v) is 2.94. The highest BCUT2D eigenvalue weighted by Gasteiger charge is 2.20. The largest absolute Gasteiger partial charge is 0.395 e. The van der Waals surface area contributed by atoms with Crippen LogP contribution in [-0.2, 0) is 0 Å². The SMILES string of the molecule is C[C@@H](CO)NCC1CC1. The number of rotatable bonds is 4. The fourth-order valence-corrected chi connectivity index (χ4v) is 0.754. The van der Waals surface area contributed by atoms with Crippen LogP contribution >= 0.6 is 0 Å². The van der Waals surface area contributed by atoms with E-state index >= 15 is 0 Å². The molecule has 1 atom stereocenters. The molecule has 0 amide bonds. The third-order valence-corrected chi connectivity index (χ3v) is 1.73. The van der Waals surface area contributed by atoms with Gasteiger partial charge in [0.25, 0.3) is 0 Å². The van der Waals surface area contributed by atoms with Crippen molar-refractivity contribution in [2.45, 2.75) is 25.8 Å². The number of aliphatic hydroxyl groups excluding tert-OH is 1. The molecule has 1 aliphatic rings. The zero-order valence-electron chi connectivity index (χ0n) is 5.93. The van der Waals surface area contributed by atoms with E-state index in [1.54, 1.807) is 0 Å². The van der Waals surface area contributed by atoms with Crippen LogP contribution in [0.4, 0.5) is 0 Å². The molecule has 1 rings (SSSR count). The van der Waals surface area contributed by atoms with Crippen molar-refractivity contribution in [1.82, 2.24) is 5.32 Å². The molecule has 0 radical (unpaired) electrons. The molecule has 1 fully saturated rings. The Balaban J connectivity index is 1.90. The minimum Gasteiger partial charge on any atom is -0.395 e. The van der Waals surface area contributed by atoms with E-state index in [2.05, 4.69) is 5.32 Å². The van der Waals surface area contributed by atoms with Crippen LogP contribution in [0.1, 0.15) is 19.8 Å². The number of nitrogens with one attached hydrogen (secondary N) is 1. The number of aliphatic hydroxyl groups is 1. The average molecular weight is 129 g/mol. The summed E-state index contributed by atoms with van der Waals surface area (Å²) in [6.07, 6.45) is 2.76. The highest BCUT2D eigenvalue weighted by molar-refractivity contribution is 4.76. The fourth-order valence-electron chi connectivity index (χ4n) is 0.754. The van der Waals surface area contributed by atoms with Gasteiger partial charge in [0.2, 0.25) is 0 Å². The predicted octanol–water partition coefficient (Wildman–Crippen LogP) is 0.367. The molecule has 2 heteroatoms. The Bertz CT molecular complexity index is 81.0. The lowest BCUT2D eigenvalue weighted by atomic mass is 10.3. The zero-order chi connectivity index (χ0) is 6.69. The van der Waals surface area contributed by atoms with E-state index in [4.69, 9.17) is 5.11 Å². The molecule has 0 aliphatic heterocycles. The van der Waals surface area contributed by atoms with Crippen molar-refractivity contribution in [1.29, 1.82) is 0 Å². The van der Waals surface area contributed by atoms with Crippen molar-refractivity contribution in [3.8, 4) is 0 Å². The molecule has 0 unspecified atom stereocenters. The van der Waals surface area contributed by atoms with Gasteiger partial charge in [-0.25, -0.2) is 0 Å². The summed E-state index contributed by atoms with van der Waals surface area (Å²) in [4.78, 5) is 0. The van der Waals surface area contributed by atoms with E-state index < -0.39 is 0 Å². The first kappa shape index (κ1) is 7.03. The Hall–Kier alpha value is -0.0800. The van der Waals surface area contributed by atoms with Gasteiger partial charge in [-0.2, -0.15) is 0 Å². The van der Waals surface area contributed by atoms with E-state index in [9.17, 15) is 0 Å². The smallest absolute Gasteiger partial charge is 0.0581 e. The van der Waals surface area contributed by atoms with Crippen molar-refractivity contribution >= 4 is 0 Å². The summed E-state index contributed by atoms with van der Waals surface area (Å²) in [7, 11) is 0. The average Bonchev–Trinajstić information content (AvgIpc) is 2.65. The molecule has 0 aromatic carbocycles. The molecule has 0 spiro atoms. The molecule has 0 bridgehead atoms. The summed E-state index contributed by atoms with van der Waals surface area (Å²) in [5, 5.41) is 11.8. The van der Waals surface area contributed by atoms with Crippen LogP contribution < -0.4 is 5.32 Å². The summed E-state index contributed by atoms with van der Waals surface area (Å²) in [5.74, 6) is 0.916. The quantitative estimate of drug-likeness (QED) is 0.574. The maximum Gasteiger partial charge on any atom is 0.0581 e. The maximum atomic E-state index is 8.61. The van der Waals surface area contributed by atoms with Gasteiger partial charge >= 0.3 is 0 Å². The number of hydrogen-bond acceptors (Lipinski definition) is 2. The normalized spacial score (nSPS) is 22.0. The molecule has 0 heterocycles. The van der Waals surface area contributed by atoms with Crippen molar-refractivity contribution in [3.05, 3.63) is 0 Å². The van der Waals surface area contributed by atoms with Crippen LogP contribution in [0.25, 0.3) is 0 Å². The summed E-state index contributed by atoms with van der Waals surface area (Å²) in [6.45, 7) is 3.36. The van der Waals surface area contributed by atoms with E-state index in [0.717, 1.165) is 12.5 Å². The highest BCUT2D eigenvalue weighted by Crippen LogP contribution is 2.27. The van der Waals surface area contributed by atoms with Crippen molar-refractivity contribution in [2.24, 2.45) is 5.92 Å². The third kappa shape index (κ3) is 2.82. The minimum absolute atomic E-state index is 0.257. The molecule has 1 aliphatic carbocycles. The molecule has 2 N–H and O–H groups in total. The molecule has 2 nitrogen and oxygen atoms in total. The second-order valence-electron chi connectivity index (χ2n) is 2.94. The van der Waals surface area contributed by atoms with Crippen LogP contribution in [0.5, 0.6) is 0 Å². The monoisotopic (exact) mass is 129 g/mol. The third-order valence-electron chi connectivity index (χ3n) is 1.73. The van der Waals surface area contributed by atoms with Gasteiger partial charge in [-0.3, -0.25) is 0 Å². The van der Waals surface area contributed by atoms with E-state index in [1.165, 1.54) is 12.8 Å². The first-order chi connectivity index (χ1) is 4.33. The Morgan fingerprint density at radius 1 is 1.67 bits per heavy atom. The molecule has 0 saturated heterocycles. The van der Waals surface area contributed by atoms with Crippen LogP contribution in [0, 0.1) is 5.92 Å². The van der Waals surface area contributed by atoms with Gasteiger partial charge in [0.05, 0.1) is 6.61 Å². The summed E-state index contributed by atoms with van der Waals surface area (Å²) < 4.78 is 0. The van der Waals surface area contributed by atoms with Gasteiger partial charge in [-0.1, -0.05) is 0 Å². The summed E-state index contributed by atoms with van der Waals surface area (Å²) >= 11 is 0. The lowest BCUT2D eigenvalue weighted by Crippen LogP contribution is -2.30. The van der Waals surface area contributed by atoms with Gasteiger partial charge < -0.3 is 10.4 Å².